The van der Waals surface area contributed by atoms with Gasteiger partial charge in [0.25, 0.3) is 7.52 Å². The maximum Gasteiger partial charge on any atom is 0.281 e. The number of rotatable bonds is 13. The summed E-state index contributed by atoms with van der Waals surface area (Å²) in [6, 6.07) is 0. The lowest BCUT2D eigenvalue weighted by Gasteiger charge is -2.45. The minimum absolute atomic E-state index is 0.267. The maximum atomic E-state index is 14.3. The van der Waals surface area contributed by atoms with Crippen LogP contribution in [0.5, 0.6) is 0 Å². The van der Waals surface area contributed by atoms with E-state index in [0.29, 0.717) is 19.4 Å². The Kier molecular flexibility index (Phi) is 10.4. The Morgan fingerprint density at radius 3 is 1.90 bits per heavy atom. The van der Waals surface area contributed by atoms with Crippen LogP contribution in [0.2, 0.25) is 0 Å². The average molecular weight is 432 g/mol. The Bertz CT molecular complexity index is 529. The third-order valence-corrected chi connectivity index (χ3v) is 10.7. The van der Waals surface area contributed by atoms with Gasteiger partial charge >= 0.3 is 0 Å². The highest BCUT2D eigenvalue weighted by atomic mass is 31.2. The van der Waals surface area contributed by atoms with Crippen LogP contribution >= 0.6 is 7.52 Å². The van der Waals surface area contributed by atoms with Crippen LogP contribution in [0.1, 0.15) is 126 Å². The summed E-state index contributed by atoms with van der Waals surface area (Å²) in [6.07, 6.45) is 12.1. The van der Waals surface area contributed by atoms with Gasteiger partial charge < -0.3 is 9.63 Å². The van der Waals surface area contributed by atoms with Gasteiger partial charge in [-0.25, -0.2) is 4.67 Å². The summed E-state index contributed by atoms with van der Waals surface area (Å²) in [7, 11) is -3.20. The van der Waals surface area contributed by atoms with Crippen molar-refractivity contribution in [2.24, 2.45) is 0 Å². The lowest BCUT2D eigenvalue weighted by atomic mass is 9.95. The first kappa shape index (κ1) is 27.1. The van der Waals surface area contributed by atoms with Gasteiger partial charge in [-0.3, -0.25) is 4.57 Å². The number of unbranched alkanes of at least 4 members (excludes halogenated alkanes) is 8. The Morgan fingerprint density at radius 1 is 0.966 bits per heavy atom. The third kappa shape index (κ3) is 7.06. The zero-order valence-corrected chi connectivity index (χ0v) is 21.6. The first-order valence-corrected chi connectivity index (χ1v) is 13.7. The Morgan fingerprint density at radius 2 is 1.45 bits per heavy atom. The van der Waals surface area contributed by atoms with Crippen LogP contribution in [-0.4, -0.2) is 38.7 Å². The van der Waals surface area contributed by atoms with Crippen LogP contribution in [0.3, 0.4) is 0 Å². The molecule has 1 rings (SSSR count). The fourth-order valence-corrected chi connectivity index (χ4v) is 8.27. The normalized spacial score (nSPS) is 25.8. The average Bonchev–Trinajstić information content (AvgIpc) is 2.90. The maximum absolute atomic E-state index is 14.3. The van der Waals surface area contributed by atoms with Gasteiger partial charge in [0.05, 0.1) is 16.9 Å². The molecule has 1 N–H and O–H groups in total. The fraction of sp³-hybridized carbons (Fsp3) is 1.00. The summed E-state index contributed by atoms with van der Waals surface area (Å²) in [5.41, 5.74) is -0.728. The fourth-order valence-electron chi connectivity index (χ4n) is 4.46. The Balaban J connectivity index is 2.67. The van der Waals surface area contributed by atoms with E-state index in [-0.39, 0.29) is 5.54 Å². The third-order valence-electron chi connectivity index (χ3n) is 6.65. The molecule has 0 aliphatic carbocycles. The molecule has 0 radical (unpaired) electrons. The van der Waals surface area contributed by atoms with Crippen LogP contribution in [-0.2, 0) is 9.09 Å². The molecule has 0 spiro atoms. The molecule has 0 aromatic rings. The molecule has 1 fully saturated rings. The molecule has 0 aromatic heterocycles. The van der Waals surface area contributed by atoms with Crippen LogP contribution in [0, 0.1) is 0 Å². The van der Waals surface area contributed by atoms with Crippen LogP contribution in [0.15, 0.2) is 0 Å². The molecule has 0 saturated carbocycles. The molecule has 29 heavy (non-hydrogen) atoms. The van der Waals surface area contributed by atoms with Gasteiger partial charge in [-0.05, 0) is 54.4 Å². The minimum Gasteiger partial charge on any atom is -0.392 e. The van der Waals surface area contributed by atoms with E-state index in [0.717, 1.165) is 12.8 Å². The molecule has 0 aromatic carbocycles. The van der Waals surface area contributed by atoms with E-state index in [4.69, 9.17) is 4.52 Å². The highest BCUT2D eigenvalue weighted by molar-refractivity contribution is 7.58. The van der Waals surface area contributed by atoms with E-state index in [9.17, 15) is 9.67 Å². The molecule has 1 aliphatic heterocycles. The van der Waals surface area contributed by atoms with E-state index < -0.39 is 24.4 Å². The van der Waals surface area contributed by atoms with Crippen LogP contribution in [0.4, 0.5) is 0 Å². The highest BCUT2D eigenvalue weighted by Crippen LogP contribution is 2.72. The Hall–Kier alpha value is 0.110. The second-order valence-electron chi connectivity index (χ2n) is 10.9. The first-order chi connectivity index (χ1) is 13.3. The summed E-state index contributed by atoms with van der Waals surface area (Å²) in [5.74, 6) is 0. The molecular weight excluding hydrogens is 381 g/mol. The van der Waals surface area contributed by atoms with Crippen LogP contribution in [0.25, 0.3) is 0 Å². The number of aliphatic hydroxyl groups is 1. The summed E-state index contributed by atoms with van der Waals surface area (Å²) in [6.45, 7) is 17.2. The van der Waals surface area contributed by atoms with E-state index >= 15 is 0 Å². The monoisotopic (exact) mass is 431 g/mol. The summed E-state index contributed by atoms with van der Waals surface area (Å²) < 4.78 is 22.6. The highest BCUT2D eigenvalue weighted by Gasteiger charge is 2.61. The first-order valence-electron chi connectivity index (χ1n) is 12.1. The molecule has 0 unspecified atom stereocenters. The standard InChI is InChI=1S/C24H50NO3P/c1-9-11-12-13-14-15-16-17-18-19-21(26)24(8,10-2)29(27)25(22(3,4)5)20-23(6,7)28-29/h21,26H,9-20H2,1-8H3/t21-,24+,29-/m1/s1. The lowest BCUT2D eigenvalue weighted by molar-refractivity contribution is 0.0918. The molecule has 1 aliphatic rings. The van der Waals surface area contributed by atoms with Crippen molar-refractivity contribution >= 4 is 7.52 Å². The second-order valence-corrected chi connectivity index (χ2v) is 13.7. The van der Waals surface area contributed by atoms with Crippen molar-refractivity contribution in [3.63, 3.8) is 0 Å². The van der Waals surface area contributed by atoms with Gasteiger partial charge in [-0.2, -0.15) is 0 Å². The largest absolute Gasteiger partial charge is 0.392 e. The van der Waals surface area contributed by atoms with Gasteiger partial charge in [0.2, 0.25) is 0 Å². The second kappa shape index (κ2) is 11.1. The molecule has 0 bridgehead atoms. The summed E-state index contributed by atoms with van der Waals surface area (Å²) in [5, 5.41) is 10.4. The van der Waals surface area contributed by atoms with Crippen molar-refractivity contribution in [2.75, 3.05) is 6.54 Å². The zero-order chi connectivity index (χ0) is 22.3. The number of hydrogen-bond acceptors (Lipinski definition) is 3. The quantitative estimate of drug-likeness (QED) is 0.242. The van der Waals surface area contributed by atoms with Crippen LogP contribution < -0.4 is 0 Å². The SMILES string of the molecule is CCCCCCCCCCC[C@@H](O)[C@](C)(CC)[P@@]1(=O)OC(C)(C)CN1C(C)(C)C. The van der Waals surface area contributed by atoms with E-state index in [1.165, 1.54) is 44.9 Å². The van der Waals surface area contributed by atoms with Gasteiger partial charge in [0.15, 0.2) is 0 Å². The van der Waals surface area contributed by atoms with Crippen molar-refractivity contribution in [2.45, 2.75) is 148 Å². The number of nitrogens with zero attached hydrogens (tertiary/aromatic N) is 1. The summed E-state index contributed by atoms with van der Waals surface area (Å²) >= 11 is 0. The van der Waals surface area contributed by atoms with Crippen molar-refractivity contribution in [1.29, 1.82) is 0 Å². The van der Waals surface area contributed by atoms with Crippen molar-refractivity contribution < 1.29 is 14.2 Å². The van der Waals surface area contributed by atoms with Crippen molar-refractivity contribution in [3.05, 3.63) is 0 Å². The van der Waals surface area contributed by atoms with Gasteiger partial charge in [-0.15, -0.1) is 0 Å². The molecule has 3 atom stereocenters. The van der Waals surface area contributed by atoms with E-state index in [1.807, 2.05) is 32.4 Å². The zero-order valence-electron chi connectivity index (χ0n) is 20.7. The van der Waals surface area contributed by atoms with E-state index in [1.54, 1.807) is 0 Å². The van der Waals surface area contributed by atoms with Gasteiger partial charge in [-0.1, -0.05) is 71.6 Å². The molecule has 1 heterocycles. The Labute approximate surface area is 181 Å². The molecule has 0 amide bonds. The molecular formula is C24H50NO3P. The number of aliphatic hydroxyl groups excluding tert-OH is 1. The van der Waals surface area contributed by atoms with E-state index in [2.05, 4.69) is 27.7 Å². The predicted octanol–water partition coefficient (Wildman–Crippen LogP) is 7.54. The molecule has 5 heteroatoms. The van der Waals surface area contributed by atoms with Gasteiger partial charge in [0.1, 0.15) is 0 Å². The lowest BCUT2D eigenvalue weighted by Crippen LogP contribution is -2.47. The van der Waals surface area contributed by atoms with Crippen molar-refractivity contribution in [1.82, 2.24) is 4.67 Å². The summed E-state index contributed by atoms with van der Waals surface area (Å²) in [4.78, 5) is 0. The van der Waals surface area contributed by atoms with Gasteiger partial charge in [0, 0.05) is 12.1 Å². The molecule has 4 nitrogen and oxygen atoms in total. The number of hydrogen-bond donors (Lipinski definition) is 1. The molecule has 174 valence electrons. The molecule has 1 saturated heterocycles. The van der Waals surface area contributed by atoms with Crippen molar-refractivity contribution in [3.8, 4) is 0 Å². The predicted molar refractivity (Wildman–Crippen MR) is 126 cm³/mol. The smallest absolute Gasteiger partial charge is 0.281 e. The topological polar surface area (TPSA) is 49.8 Å². The minimum atomic E-state index is -3.20.